The quantitative estimate of drug-likeness (QED) is 0.0691. The van der Waals surface area contributed by atoms with E-state index in [1.807, 2.05) is 4.72 Å². The Hall–Kier alpha value is -4.08. The average molecular weight is 680 g/mol. The molecule has 16 heteroatoms. The van der Waals surface area contributed by atoms with Gasteiger partial charge in [-0.05, 0) is 86.8 Å². The first-order valence-electron chi connectivity index (χ1n) is 14.9. The lowest BCUT2D eigenvalue weighted by atomic mass is 9.87. The summed E-state index contributed by atoms with van der Waals surface area (Å²) in [6.45, 7) is 0.952. The number of urea groups is 1. The maximum absolute atomic E-state index is 12.7. The van der Waals surface area contributed by atoms with Crippen LogP contribution in [-0.4, -0.2) is 71.2 Å². The molecule has 1 saturated carbocycles. The van der Waals surface area contributed by atoms with E-state index < -0.39 is 28.1 Å². The Kier molecular flexibility index (Phi) is 13.9. The molecule has 9 N–H and O–H groups in total. The van der Waals surface area contributed by atoms with Crippen LogP contribution in [0.25, 0.3) is 0 Å². The molecular weight excluding hydrogens is 638 g/mol. The summed E-state index contributed by atoms with van der Waals surface area (Å²) < 4.78 is 38.3. The van der Waals surface area contributed by atoms with Gasteiger partial charge in [0.15, 0.2) is 5.96 Å². The van der Waals surface area contributed by atoms with Crippen LogP contribution >= 0.6 is 11.6 Å². The number of carbonyl (C=O) groups is 3. The van der Waals surface area contributed by atoms with Crippen molar-refractivity contribution in [1.82, 2.24) is 15.4 Å². The van der Waals surface area contributed by atoms with Crippen molar-refractivity contribution in [3.63, 3.8) is 0 Å². The third kappa shape index (κ3) is 11.7. The van der Waals surface area contributed by atoms with Gasteiger partial charge in [0.2, 0.25) is 0 Å². The molecule has 0 bridgehead atoms. The predicted molar refractivity (Wildman–Crippen MR) is 174 cm³/mol. The first-order valence-corrected chi connectivity index (χ1v) is 16.8. The van der Waals surface area contributed by atoms with Gasteiger partial charge in [0, 0.05) is 24.7 Å². The molecule has 0 aromatic heterocycles. The summed E-state index contributed by atoms with van der Waals surface area (Å²) in [5.74, 6) is -0.323. The molecule has 252 valence electrons. The van der Waals surface area contributed by atoms with Gasteiger partial charge in [-0.1, -0.05) is 23.7 Å². The van der Waals surface area contributed by atoms with Crippen molar-refractivity contribution in [3.05, 3.63) is 58.6 Å². The maximum Gasteiger partial charge on any atom is 0.328 e. The summed E-state index contributed by atoms with van der Waals surface area (Å²) in [6.07, 6.45) is 3.76. The second-order valence-electron chi connectivity index (χ2n) is 10.9. The van der Waals surface area contributed by atoms with Gasteiger partial charge in [-0.2, -0.15) is 0 Å². The number of guanidine groups is 1. The van der Waals surface area contributed by atoms with Crippen LogP contribution in [0.3, 0.4) is 0 Å². The summed E-state index contributed by atoms with van der Waals surface area (Å²) in [5.41, 5.74) is 17.6. The number of benzene rings is 2. The second kappa shape index (κ2) is 17.6. The molecule has 3 amide bonds. The highest BCUT2D eigenvalue weighted by Crippen LogP contribution is 2.26. The summed E-state index contributed by atoms with van der Waals surface area (Å²) in [6, 6.07) is 9.18. The number of ether oxygens (including phenoxy) is 2. The van der Waals surface area contributed by atoms with E-state index in [0.717, 1.165) is 5.56 Å². The van der Waals surface area contributed by atoms with Crippen LogP contribution in [-0.2, 0) is 26.0 Å². The maximum atomic E-state index is 12.7. The lowest BCUT2D eigenvalue weighted by molar-refractivity contribution is -0.152. The van der Waals surface area contributed by atoms with Crippen molar-refractivity contribution in [3.8, 4) is 5.75 Å². The van der Waals surface area contributed by atoms with E-state index >= 15 is 0 Å². The molecule has 1 atom stereocenters. The van der Waals surface area contributed by atoms with Crippen molar-refractivity contribution in [1.29, 1.82) is 0 Å². The summed E-state index contributed by atoms with van der Waals surface area (Å²) in [7, 11) is -2.64. The summed E-state index contributed by atoms with van der Waals surface area (Å²) >= 11 is 5.99. The van der Waals surface area contributed by atoms with Crippen molar-refractivity contribution >= 4 is 45.5 Å². The highest BCUT2D eigenvalue weighted by Gasteiger charge is 2.27. The Labute approximate surface area is 273 Å². The zero-order valence-corrected chi connectivity index (χ0v) is 27.2. The molecule has 0 spiro atoms. The lowest BCUT2D eigenvalue weighted by Gasteiger charge is -2.29. The Morgan fingerprint density at radius 2 is 1.74 bits per heavy atom. The number of sulfonamides is 1. The first kappa shape index (κ1) is 36.4. The van der Waals surface area contributed by atoms with Gasteiger partial charge in [-0.25, -0.2) is 17.9 Å². The topological polar surface area (TPSA) is 230 Å². The summed E-state index contributed by atoms with van der Waals surface area (Å²) in [4.78, 5) is 41.0. The number of hydrogen-bond acceptors (Lipinski definition) is 9. The molecule has 0 heterocycles. The van der Waals surface area contributed by atoms with Gasteiger partial charge < -0.3 is 37.3 Å². The third-order valence-corrected chi connectivity index (χ3v) is 9.05. The smallest absolute Gasteiger partial charge is 0.328 e. The Bertz CT molecular complexity index is 1480. The van der Waals surface area contributed by atoms with Crippen molar-refractivity contribution in [2.24, 2.45) is 28.1 Å². The fourth-order valence-electron chi connectivity index (χ4n) is 4.91. The van der Waals surface area contributed by atoms with E-state index in [4.69, 9.17) is 38.3 Å². The minimum atomic E-state index is -4.10. The molecule has 0 radical (unpaired) electrons. The van der Waals surface area contributed by atoms with Gasteiger partial charge in [0.25, 0.3) is 15.9 Å². The molecule has 2 aromatic carbocycles. The SMILES string of the molecule is COc1ccc(Cl)cc1C(=O)NCCc1ccc(S(=O)(=O)NC(=O)NCC2CCC(OC(=O)[C@@H](N)CCCN=C(N)N)CC2)cc1. The minimum Gasteiger partial charge on any atom is -0.496 e. The molecule has 1 aliphatic carbocycles. The molecule has 3 rings (SSSR count). The second-order valence-corrected chi connectivity index (χ2v) is 13.1. The van der Waals surface area contributed by atoms with E-state index in [-0.39, 0.29) is 35.3 Å². The van der Waals surface area contributed by atoms with E-state index in [1.54, 1.807) is 24.3 Å². The zero-order chi connectivity index (χ0) is 33.7. The van der Waals surface area contributed by atoms with Crippen molar-refractivity contribution in [2.45, 2.75) is 62.0 Å². The number of methoxy groups -OCH3 is 1. The summed E-state index contributed by atoms with van der Waals surface area (Å²) in [5, 5.41) is 5.82. The largest absolute Gasteiger partial charge is 0.496 e. The molecule has 2 aromatic rings. The normalized spacial score (nSPS) is 16.8. The number of hydrogen-bond donors (Lipinski definition) is 6. The molecule has 46 heavy (non-hydrogen) atoms. The van der Waals surface area contributed by atoms with E-state index in [9.17, 15) is 22.8 Å². The zero-order valence-electron chi connectivity index (χ0n) is 25.7. The van der Waals surface area contributed by atoms with E-state index in [0.29, 0.717) is 74.4 Å². The number of amides is 3. The van der Waals surface area contributed by atoms with Crippen LogP contribution in [0.1, 0.15) is 54.4 Å². The van der Waals surface area contributed by atoms with Crippen LogP contribution in [0.15, 0.2) is 52.4 Å². The van der Waals surface area contributed by atoms with Gasteiger partial charge in [-0.15, -0.1) is 0 Å². The highest BCUT2D eigenvalue weighted by molar-refractivity contribution is 7.90. The van der Waals surface area contributed by atoms with Crippen LogP contribution in [0.5, 0.6) is 5.75 Å². The van der Waals surface area contributed by atoms with Gasteiger partial charge in [-0.3, -0.25) is 14.6 Å². The first-order chi connectivity index (χ1) is 21.9. The predicted octanol–water partition coefficient (Wildman–Crippen LogP) is 1.79. The third-order valence-electron chi connectivity index (χ3n) is 7.46. The lowest BCUT2D eigenvalue weighted by Crippen LogP contribution is -2.42. The number of carbonyl (C=O) groups excluding carboxylic acids is 3. The Morgan fingerprint density at radius 3 is 2.39 bits per heavy atom. The number of halogens is 1. The Morgan fingerprint density at radius 1 is 1.04 bits per heavy atom. The van der Waals surface area contributed by atoms with Gasteiger partial charge >= 0.3 is 12.0 Å². The van der Waals surface area contributed by atoms with Crippen LogP contribution < -0.4 is 37.3 Å². The molecule has 1 fully saturated rings. The fraction of sp³-hybridized carbons (Fsp3) is 0.467. The van der Waals surface area contributed by atoms with Crippen molar-refractivity contribution in [2.75, 3.05) is 26.7 Å². The molecule has 0 saturated heterocycles. The number of rotatable bonds is 15. The van der Waals surface area contributed by atoms with Crippen LogP contribution in [0.2, 0.25) is 5.02 Å². The number of aliphatic imine (C=N–C) groups is 1. The molecule has 0 unspecified atom stereocenters. The monoisotopic (exact) mass is 679 g/mol. The molecule has 1 aliphatic rings. The Balaban J connectivity index is 1.36. The average Bonchev–Trinajstić information content (AvgIpc) is 3.02. The fourth-order valence-corrected chi connectivity index (χ4v) is 6.01. The number of nitrogens with one attached hydrogen (secondary N) is 3. The van der Waals surface area contributed by atoms with Crippen LogP contribution in [0.4, 0.5) is 4.79 Å². The number of nitrogens with zero attached hydrogens (tertiary/aromatic N) is 1. The van der Waals surface area contributed by atoms with E-state index in [1.165, 1.54) is 25.3 Å². The van der Waals surface area contributed by atoms with E-state index in [2.05, 4.69) is 15.6 Å². The van der Waals surface area contributed by atoms with Gasteiger partial charge in [0.1, 0.15) is 17.9 Å². The van der Waals surface area contributed by atoms with Crippen LogP contribution in [0, 0.1) is 5.92 Å². The highest BCUT2D eigenvalue weighted by atomic mass is 35.5. The number of esters is 1. The molecule has 0 aliphatic heterocycles. The standard InChI is InChI=1S/C30H42ClN7O7S/c1-44-26-13-8-21(31)17-24(26)27(39)35-16-14-19-6-11-23(12-7-19)46(42,43)38-30(41)37-18-20-4-9-22(10-5-20)45-28(40)25(32)3-2-15-36-29(33)34/h6-8,11-13,17,20,22,25H,2-5,9-10,14-16,18,32H2,1H3,(H,35,39)(H4,33,34,36)(H2,37,38,41)/t20?,22?,25-/m0/s1. The molecular formula is C30H42ClN7O7S. The number of nitrogens with two attached hydrogens (primary N) is 3. The minimum absolute atomic E-state index is 0.0123. The van der Waals surface area contributed by atoms with Crippen molar-refractivity contribution < 1.29 is 32.3 Å². The molecule has 14 nitrogen and oxygen atoms in total. The van der Waals surface area contributed by atoms with Gasteiger partial charge in [0.05, 0.1) is 17.6 Å².